The molecule has 1 aromatic rings. The first-order valence-corrected chi connectivity index (χ1v) is 11.3. The first-order chi connectivity index (χ1) is 13.1. The lowest BCUT2D eigenvalue weighted by Gasteiger charge is -2.43. The van der Waals surface area contributed by atoms with Gasteiger partial charge in [0, 0.05) is 31.7 Å². The Balaban J connectivity index is 1.80. The van der Waals surface area contributed by atoms with Crippen molar-refractivity contribution in [3.63, 3.8) is 0 Å². The topological polar surface area (TPSA) is 78.0 Å². The van der Waals surface area contributed by atoms with Crippen LogP contribution in [0.4, 0.5) is 5.69 Å². The van der Waals surface area contributed by atoms with Gasteiger partial charge in [-0.2, -0.15) is 4.31 Å². The molecule has 1 aromatic carbocycles. The van der Waals surface area contributed by atoms with Crippen LogP contribution in [0.5, 0.6) is 0 Å². The lowest BCUT2D eigenvalue weighted by Crippen LogP contribution is -2.50. The summed E-state index contributed by atoms with van der Waals surface area (Å²) in [6, 6.07) is 3.09. The van der Waals surface area contributed by atoms with E-state index in [0.717, 1.165) is 12.1 Å². The monoisotopic (exact) mass is 405 g/mol. The molecule has 0 aliphatic carbocycles. The van der Waals surface area contributed by atoms with Gasteiger partial charge in [0.05, 0.1) is 16.1 Å². The number of hydrogen-bond donors (Lipinski definition) is 0. The van der Waals surface area contributed by atoms with Gasteiger partial charge in [0.1, 0.15) is 0 Å². The lowest BCUT2D eigenvalue weighted by atomic mass is 9.80. The third-order valence-electron chi connectivity index (χ3n) is 6.34. The minimum absolute atomic E-state index is 0.0609. The summed E-state index contributed by atoms with van der Waals surface area (Å²) in [5, 5.41) is 0. The number of amides is 1. The van der Waals surface area contributed by atoms with Crippen molar-refractivity contribution in [2.24, 2.45) is 0 Å². The zero-order valence-corrected chi connectivity index (χ0v) is 17.7. The highest BCUT2D eigenvalue weighted by atomic mass is 32.2. The van der Waals surface area contributed by atoms with Gasteiger partial charge in [0.25, 0.3) is 11.7 Å². The number of benzene rings is 1. The molecule has 1 fully saturated rings. The van der Waals surface area contributed by atoms with Crippen molar-refractivity contribution < 1.29 is 18.0 Å². The number of carbonyl (C=O) groups is 2. The molecule has 1 amide bonds. The van der Waals surface area contributed by atoms with Crippen LogP contribution in [0.25, 0.3) is 0 Å². The van der Waals surface area contributed by atoms with E-state index in [1.54, 1.807) is 11.0 Å². The van der Waals surface area contributed by atoms with Crippen LogP contribution in [-0.2, 0) is 14.8 Å². The van der Waals surface area contributed by atoms with Crippen molar-refractivity contribution in [3.8, 4) is 0 Å². The van der Waals surface area contributed by atoms with E-state index in [1.807, 2.05) is 20.8 Å². The van der Waals surface area contributed by atoms with Crippen LogP contribution in [-0.4, -0.2) is 67.6 Å². The number of nitrogens with zero attached hydrogens (tertiary/aromatic N) is 3. The van der Waals surface area contributed by atoms with Crippen LogP contribution in [0.1, 0.15) is 56.0 Å². The Hall–Kier alpha value is -1.77. The second-order valence-corrected chi connectivity index (χ2v) is 10.6. The Morgan fingerprint density at radius 3 is 2.36 bits per heavy atom. The van der Waals surface area contributed by atoms with E-state index in [2.05, 4.69) is 11.8 Å². The van der Waals surface area contributed by atoms with Crippen molar-refractivity contribution in [3.05, 3.63) is 23.3 Å². The van der Waals surface area contributed by atoms with Gasteiger partial charge < -0.3 is 4.90 Å². The van der Waals surface area contributed by atoms with E-state index < -0.39 is 27.3 Å². The average Bonchev–Trinajstić information content (AvgIpc) is 2.91. The van der Waals surface area contributed by atoms with E-state index in [9.17, 15) is 18.0 Å². The normalized spacial score (nSPS) is 25.3. The number of likely N-dealkylation sites (N-methyl/N-ethyl adjacent to an activating group) is 1. The van der Waals surface area contributed by atoms with Crippen LogP contribution in [0.15, 0.2) is 17.0 Å². The maximum absolute atomic E-state index is 13.3. The first kappa shape index (κ1) is 19.5. The average molecular weight is 406 g/mol. The van der Waals surface area contributed by atoms with E-state index >= 15 is 0 Å². The van der Waals surface area contributed by atoms with Crippen molar-refractivity contribution >= 4 is 27.4 Å². The Morgan fingerprint density at radius 2 is 1.75 bits per heavy atom. The van der Waals surface area contributed by atoms with Crippen molar-refractivity contribution in [1.82, 2.24) is 9.21 Å². The first-order valence-electron chi connectivity index (χ1n) is 9.87. The molecule has 3 aliphatic heterocycles. The molecular formula is C20H27N3O4S. The summed E-state index contributed by atoms with van der Waals surface area (Å²) in [7, 11) is -3.71. The van der Waals surface area contributed by atoms with E-state index in [4.69, 9.17) is 0 Å². The fourth-order valence-corrected chi connectivity index (χ4v) is 6.34. The standard InChI is InChI=1S/C20H27N3O4S/c1-5-21-6-8-22(9-7-21)28(26,27)14-10-15-13(2)12-20(3,4)23-17(15)16(11-14)18(24)19(23)25/h10-11,13H,5-9,12H2,1-4H3. The predicted molar refractivity (Wildman–Crippen MR) is 106 cm³/mol. The van der Waals surface area contributed by atoms with E-state index in [1.165, 1.54) is 10.4 Å². The third kappa shape index (κ3) is 2.73. The summed E-state index contributed by atoms with van der Waals surface area (Å²) in [4.78, 5) is 29.2. The zero-order valence-electron chi connectivity index (χ0n) is 16.9. The molecule has 28 heavy (non-hydrogen) atoms. The summed E-state index contributed by atoms with van der Waals surface area (Å²) in [5.74, 6) is -1.10. The second kappa shape index (κ2) is 6.37. The molecule has 3 aliphatic rings. The van der Waals surface area contributed by atoms with Gasteiger partial charge in [-0.05, 0) is 50.4 Å². The molecule has 0 bridgehead atoms. The molecule has 1 atom stereocenters. The summed E-state index contributed by atoms with van der Waals surface area (Å²) in [5.41, 5.74) is 1.14. The number of sulfonamides is 1. The van der Waals surface area contributed by atoms with Crippen molar-refractivity contribution in [1.29, 1.82) is 0 Å². The lowest BCUT2D eigenvalue weighted by molar-refractivity contribution is -0.115. The van der Waals surface area contributed by atoms with Gasteiger partial charge in [-0.1, -0.05) is 13.8 Å². The van der Waals surface area contributed by atoms with Gasteiger partial charge in [0.2, 0.25) is 10.0 Å². The van der Waals surface area contributed by atoms with Crippen LogP contribution < -0.4 is 4.90 Å². The molecule has 4 rings (SSSR count). The molecule has 152 valence electrons. The summed E-state index contributed by atoms with van der Waals surface area (Å²) in [6.45, 7) is 11.2. The van der Waals surface area contributed by atoms with Gasteiger partial charge in [-0.3, -0.25) is 14.5 Å². The van der Waals surface area contributed by atoms with Gasteiger partial charge in [0.15, 0.2) is 0 Å². The quantitative estimate of drug-likeness (QED) is 0.717. The molecule has 0 N–H and O–H groups in total. The second-order valence-electron chi connectivity index (χ2n) is 8.63. The maximum atomic E-state index is 13.3. The SMILES string of the molecule is CCN1CCN(S(=O)(=O)c2cc3c4c(c2)C(C)CC(C)(C)N4C(=O)C3=O)CC1. The number of Topliss-reactive ketones (excluding diaryl/α,β-unsaturated/α-hetero) is 1. The minimum Gasteiger partial charge on any atom is -0.301 e. The zero-order chi connectivity index (χ0) is 20.4. The Labute approximate surface area is 166 Å². The minimum atomic E-state index is -3.71. The van der Waals surface area contributed by atoms with Crippen molar-refractivity contribution in [2.45, 2.75) is 50.5 Å². The number of carbonyl (C=O) groups excluding carboxylic acids is 2. The van der Waals surface area contributed by atoms with Crippen LogP contribution in [0, 0.1) is 0 Å². The molecule has 1 unspecified atom stereocenters. The molecule has 0 spiro atoms. The fourth-order valence-electron chi connectivity index (χ4n) is 4.86. The van der Waals surface area contributed by atoms with E-state index in [-0.39, 0.29) is 16.4 Å². The van der Waals surface area contributed by atoms with Crippen LogP contribution >= 0.6 is 0 Å². The summed E-state index contributed by atoms with van der Waals surface area (Å²) >= 11 is 0. The molecule has 0 aromatic heterocycles. The third-order valence-corrected chi connectivity index (χ3v) is 8.21. The Bertz CT molecular complexity index is 962. The molecule has 7 nitrogen and oxygen atoms in total. The largest absolute Gasteiger partial charge is 0.301 e. The molecular weight excluding hydrogens is 378 g/mol. The molecule has 0 radical (unpaired) electrons. The Morgan fingerprint density at radius 1 is 1.11 bits per heavy atom. The fraction of sp³-hybridized carbons (Fsp3) is 0.600. The summed E-state index contributed by atoms with van der Waals surface area (Å²) < 4.78 is 28.0. The highest BCUT2D eigenvalue weighted by Gasteiger charge is 2.49. The number of anilines is 1. The smallest absolute Gasteiger partial charge is 0.299 e. The number of piperazine rings is 1. The molecule has 1 saturated heterocycles. The molecule has 3 heterocycles. The number of hydrogen-bond acceptors (Lipinski definition) is 5. The van der Waals surface area contributed by atoms with Gasteiger partial charge in [-0.15, -0.1) is 0 Å². The maximum Gasteiger partial charge on any atom is 0.299 e. The summed E-state index contributed by atoms with van der Waals surface area (Å²) in [6.07, 6.45) is 0.678. The van der Waals surface area contributed by atoms with E-state index in [0.29, 0.717) is 38.3 Å². The predicted octanol–water partition coefficient (Wildman–Crippen LogP) is 1.83. The van der Waals surface area contributed by atoms with Gasteiger partial charge in [-0.25, -0.2) is 8.42 Å². The molecule has 0 saturated carbocycles. The highest BCUT2D eigenvalue weighted by Crippen LogP contribution is 2.49. The Kier molecular flexibility index (Phi) is 4.44. The van der Waals surface area contributed by atoms with Crippen molar-refractivity contribution in [2.75, 3.05) is 37.6 Å². The molecule has 8 heteroatoms. The van der Waals surface area contributed by atoms with Crippen LogP contribution in [0.2, 0.25) is 0 Å². The number of rotatable bonds is 3. The van der Waals surface area contributed by atoms with Crippen LogP contribution in [0.3, 0.4) is 0 Å². The number of ketones is 1. The highest BCUT2D eigenvalue weighted by molar-refractivity contribution is 7.89. The van der Waals surface area contributed by atoms with Gasteiger partial charge >= 0.3 is 0 Å².